The van der Waals surface area contributed by atoms with Gasteiger partial charge in [-0.1, -0.05) is 58.4 Å². The van der Waals surface area contributed by atoms with E-state index in [4.69, 9.17) is 14.2 Å². The molecule has 0 amide bonds. The SMILES string of the molecule is COCO[C@@H](c1ccc(Br)cc1)[C@@H](C(=O)OC)c1ccccc1. The van der Waals surface area contributed by atoms with Crippen LogP contribution in [0.25, 0.3) is 0 Å². The fraction of sp³-hybridized carbons (Fsp3) is 0.278. The molecule has 0 saturated heterocycles. The minimum Gasteiger partial charge on any atom is -0.468 e. The fourth-order valence-corrected chi connectivity index (χ4v) is 2.66. The average molecular weight is 379 g/mol. The topological polar surface area (TPSA) is 44.8 Å². The highest BCUT2D eigenvalue weighted by molar-refractivity contribution is 9.10. The number of rotatable bonds is 7. The first-order chi connectivity index (χ1) is 11.2. The van der Waals surface area contributed by atoms with Crippen LogP contribution >= 0.6 is 15.9 Å². The van der Waals surface area contributed by atoms with Crippen LogP contribution in [0.2, 0.25) is 0 Å². The maximum absolute atomic E-state index is 12.4. The van der Waals surface area contributed by atoms with Gasteiger partial charge in [-0.15, -0.1) is 0 Å². The standard InChI is InChI=1S/C18H19BrO4/c1-21-12-23-17(14-8-10-15(19)11-9-14)16(18(20)22-2)13-6-4-3-5-7-13/h3-11,16-17H,12H2,1-2H3/t16-,17-/m0/s1. The maximum atomic E-state index is 12.4. The Labute approximate surface area is 144 Å². The Bertz CT molecular complexity index is 613. The summed E-state index contributed by atoms with van der Waals surface area (Å²) in [6, 6.07) is 17.1. The summed E-state index contributed by atoms with van der Waals surface area (Å²) < 4.78 is 16.8. The number of carbonyl (C=O) groups excluding carboxylic acids is 1. The van der Waals surface area contributed by atoms with Crippen molar-refractivity contribution in [1.29, 1.82) is 0 Å². The van der Waals surface area contributed by atoms with E-state index < -0.39 is 12.0 Å². The monoisotopic (exact) mass is 378 g/mol. The van der Waals surface area contributed by atoms with E-state index >= 15 is 0 Å². The van der Waals surface area contributed by atoms with Crippen LogP contribution in [0.15, 0.2) is 59.1 Å². The predicted octanol–water partition coefficient (Wildman–Crippen LogP) is 4.07. The van der Waals surface area contributed by atoms with Crippen LogP contribution in [-0.4, -0.2) is 27.0 Å². The summed E-state index contributed by atoms with van der Waals surface area (Å²) in [5.74, 6) is -0.919. The number of carbonyl (C=O) groups is 1. The highest BCUT2D eigenvalue weighted by Crippen LogP contribution is 2.35. The van der Waals surface area contributed by atoms with E-state index in [0.29, 0.717) is 0 Å². The number of esters is 1. The zero-order chi connectivity index (χ0) is 16.7. The highest BCUT2D eigenvalue weighted by atomic mass is 79.9. The summed E-state index contributed by atoms with van der Waals surface area (Å²) in [6.07, 6.45) is -0.502. The molecule has 4 nitrogen and oxygen atoms in total. The third kappa shape index (κ3) is 4.64. The second kappa shape index (κ2) is 8.82. The predicted molar refractivity (Wildman–Crippen MR) is 91.0 cm³/mol. The molecule has 23 heavy (non-hydrogen) atoms. The molecule has 0 unspecified atom stereocenters. The average Bonchev–Trinajstić information content (AvgIpc) is 2.59. The van der Waals surface area contributed by atoms with Gasteiger partial charge in [0.25, 0.3) is 0 Å². The van der Waals surface area contributed by atoms with Crippen LogP contribution < -0.4 is 0 Å². The van der Waals surface area contributed by atoms with Gasteiger partial charge in [0, 0.05) is 11.6 Å². The molecule has 0 N–H and O–H groups in total. The quantitative estimate of drug-likeness (QED) is 0.538. The van der Waals surface area contributed by atoms with Gasteiger partial charge >= 0.3 is 5.97 Å². The van der Waals surface area contributed by atoms with Gasteiger partial charge in [-0.2, -0.15) is 0 Å². The van der Waals surface area contributed by atoms with Crippen molar-refractivity contribution in [3.8, 4) is 0 Å². The number of halogens is 1. The van der Waals surface area contributed by atoms with E-state index in [0.717, 1.165) is 15.6 Å². The van der Waals surface area contributed by atoms with E-state index in [9.17, 15) is 4.79 Å². The molecular formula is C18H19BrO4. The van der Waals surface area contributed by atoms with Crippen molar-refractivity contribution in [2.75, 3.05) is 21.0 Å². The van der Waals surface area contributed by atoms with E-state index in [1.165, 1.54) is 7.11 Å². The molecule has 0 fully saturated rings. The first-order valence-electron chi connectivity index (χ1n) is 7.16. The van der Waals surface area contributed by atoms with Gasteiger partial charge < -0.3 is 14.2 Å². The molecule has 0 radical (unpaired) electrons. The first-order valence-corrected chi connectivity index (χ1v) is 7.95. The Morgan fingerprint density at radius 1 is 1.00 bits per heavy atom. The summed E-state index contributed by atoms with van der Waals surface area (Å²) >= 11 is 3.41. The second-order valence-corrected chi connectivity index (χ2v) is 5.87. The van der Waals surface area contributed by atoms with Gasteiger partial charge in [0.15, 0.2) is 0 Å². The van der Waals surface area contributed by atoms with E-state index in [-0.39, 0.29) is 12.8 Å². The van der Waals surface area contributed by atoms with Crippen LogP contribution in [0.5, 0.6) is 0 Å². The van der Waals surface area contributed by atoms with Crippen molar-refractivity contribution in [3.05, 3.63) is 70.2 Å². The summed E-state index contributed by atoms with van der Waals surface area (Å²) in [5.41, 5.74) is 1.72. The highest BCUT2D eigenvalue weighted by Gasteiger charge is 2.33. The minimum absolute atomic E-state index is 0.0844. The molecule has 0 aliphatic rings. The Balaban J connectivity index is 2.43. The molecule has 0 heterocycles. The fourth-order valence-electron chi connectivity index (χ4n) is 2.40. The number of hydrogen-bond acceptors (Lipinski definition) is 4. The zero-order valence-corrected chi connectivity index (χ0v) is 14.7. The summed E-state index contributed by atoms with van der Waals surface area (Å²) in [6.45, 7) is 0.0844. The first kappa shape index (κ1) is 17.7. The van der Waals surface area contributed by atoms with Crippen LogP contribution in [-0.2, 0) is 19.0 Å². The number of benzene rings is 2. The molecule has 0 saturated carbocycles. The van der Waals surface area contributed by atoms with E-state index in [2.05, 4.69) is 15.9 Å². The van der Waals surface area contributed by atoms with Crippen molar-refractivity contribution >= 4 is 21.9 Å². The van der Waals surface area contributed by atoms with E-state index in [1.807, 2.05) is 54.6 Å². The summed E-state index contributed by atoms with van der Waals surface area (Å²) in [7, 11) is 2.93. The molecule has 0 aliphatic carbocycles. The number of ether oxygens (including phenoxy) is 3. The molecule has 0 aliphatic heterocycles. The van der Waals surface area contributed by atoms with E-state index in [1.54, 1.807) is 7.11 Å². The minimum atomic E-state index is -0.572. The lowest BCUT2D eigenvalue weighted by atomic mass is 9.89. The molecule has 2 aromatic rings. The molecular weight excluding hydrogens is 360 g/mol. The molecule has 122 valence electrons. The Morgan fingerprint density at radius 2 is 1.65 bits per heavy atom. The van der Waals surface area contributed by atoms with Crippen LogP contribution in [0.4, 0.5) is 0 Å². The van der Waals surface area contributed by atoms with Crippen molar-refractivity contribution in [3.63, 3.8) is 0 Å². The van der Waals surface area contributed by atoms with Crippen LogP contribution in [0, 0.1) is 0 Å². The number of hydrogen-bond donors (Lipinski definition) is 0. The number of methoxy groups -OCH3 is 2. The van der Waals surface area contributed by atoms with Gasteiger partial charge in [0.1, 0.15) is 18.8 Å². The lowest BCUT2D eigenvalue weighted by molar-refractivity contribution is -0.150. The van der Waals surface area contributed by atoms with Crippen molar-refractivity contribution in [2.45, 2.75) is 12.0 Å². The van der Waals surface area contributed by atoms with Gasteiger partial charge in [-0.25, -0.2) is 0 Å². The zero-order valence-electron chi connectivity index (χ0n) is 13.1. The smallest absolute Gasteiger partial charge is 0.316 e. The normalized spacial score (nSPS) is 13.3. The largest absolute Gasteiger partial charge is 0.468 e. The van der Waals surface area contributed by atoms with Crippen LogP contribution in [0.1, 0.15) is 23.1 Å². The summed E-state index contributed by atoms with van der Waals surface area (Å²) in [4.78, 5) is 12.4. The van der Waals surface area contributed by atoms with Crippen molar-refractivity contribution < 1.29 is 19.0 Å². The molecule has 0 bridgehead atoms. The van der Waals surface area contributed by atoms with Gasteiger partial charge in [0.05, 0.1) is 7.11 Å². The third-order valence-electron chi connectivity index (χ3n) is 3.48. The second-order valence-electron chi connectivity index (χ2n) is 4.96. The molecule has 2 aromatic carbocycles. The molecule has 0 spiro atoms. The van der Waals surface area contributed by atoms with Crippen molar-refractivity contribution in [2.24, 2.45) is 0 Å². The Hall–Kier alpha value is -1.69. The lowest BCUT2D eigenvalue weighted by Gasteiger charge is -2.26. The van der Waals surface area contributed by atoms with Crippen LogP contribution in [0.3, 0.4) is 0 Å². The Morgan fingerprint density at radius 3 is 2.22 bits per heavy atom. The molecule has 0 aromatic heterocycles. The third-order valence-corrected chi connectivity index (χ3v) is 4.01. The maximum Gasteiger partial charge on any atom is 0.316 e. The summed E-state index contributed by atoms with van der Waals surface area (Å²) in [5, 5.41) is 0. The molecule has 2 atom stereocenters. The van der Waals surface area contributed by atoms with Gasteiger partial charge in [-0.3, -0.25) is 4.79 Å². The molecule has 2 rings (SSSR count). The van der Waals surface area contributed by atoms with Gasteiger partial charge in [0.2, 0.25) is 0 Å². The van der Waals surface area contributed by atoms with Gasteiger partial charge in [-0.05, 0) is 23.3 Å². The molecule has 5 heteroatoms. The lowest BCUT2D eigenvalue weighted by Crippen LogP contribution is -2.24. The van der Waals surface area contributed by atoms with Crippen molar-refractivity contribution in [1.82, 2.24) is 0 Å². The Kier molecular flexibility index (Phi) is 6.77.